The first-order valence-corrected chi connectivity index (χ1v) is 10.1. The van der Waals surface area contributed by atoms with Crippen LogP contribution in [0.25, 0.3) is 0 Å². The third-order valence-electron chi connectivity index (χ3n) is 4.22. The molecule has 0 atom stereocenters. The molecule has 10 heteroatoms. The number of carbonyl (C=O) groups is 1. The molecule has 1 fully saturated rings. The largest absolute Gasteiger partial charge is 0.378 e. The number of halogens is 2. The molecule has 0 spiro atoms. The van der Waals surface area contributed by atoms with Crippen LogP contribution in [0.15, 0.2) is 35.2 Å². The summed E-state index contributed by atoms with van der Waals surface area (Å²) in [5.74, 6) is -1.65. The zero-order valence-corrected chi connectivity index (χ0v) is 16.8. The van der Waals surface area contributed by atoms with Crippen molar-refractivity contribution in [3.8, 4) is 0 Å². The molecular weight excluding hydrogens is 400 g/mol. The van der Waals surface area contributed by atoms with Gasteiger partial charge in [0.1, 0.15) is 5.82 Å². The van der Waals surface area contributed by atoms with Gasteiger partial charge >= 0.3 is 0 Å². The number of carbonyl (C=O) groups excluding carboxylic acids is 1. The summed E-state index contributed by atoms with van der Waals surface area (Å²) in [6.45, 7) is 5.51. The zero-order chi connectivity index (χ0) is 20.6. The van der Waals surface area contributed by atoms with Gasteiger partial charge in [0.2, 0.25) is 5.95 Å². The molecule has 3 rings (SSSR count). The summed E-state index contributed by atoms with van der Waals surface area (Å²) in [5, 5.41) is 5.83. The van der Waals surface area contributed by atoms with Gasteiger partial charge in [-0.25, -0.2) is 4.98 Å². The Morgan fingerprint density at radius 2 is 2.00 bits per heavy atom. The quantitative estimate of drug-likeness (QED) is 0.499. The first-order valence-electron chi connectivity index (χ1n) is 9.27. The van der Waals surface area contributed by atoms with Gasteiger partial charge in [0.05, 0.1) is 18.8 Å². The molecule has 7 nitrogen and oxygen atoms in total. The Kier molecular flexibility index (Phi) is 7.59. The Balaban J connectivity index is 1.53. The lowest BCUT2D eigenvalue weighted by molar-refractivity contribution is 0.0952. The van der Waals surface area contributed by atoms with Crippen LogP contribution in [0.4, 0.5) is 20.5 Å². The third-order valence-corrected chi connectivity index (χ3v) is 5.01. The zero-order valence-electron chi connectivity index (χ0n) is 16.0. The molecule has 1 saturated heterocycles. The highest BCUT2D eigenvalue weighted by Gasteiger charge is 2.16. The average Bonchev–Trinajstić information content (AvgIpc) is 2.71. The Hall–Kier alpha value is -2.46. The molecular formula is C19H23F2N5O2S. The fraction of sp³-hybridized carbons (Fsp3) is 0.421. The molecule has 2 aromatic rings. The van der Waals surface area contributed by atoms with Crippen LogP contribution < -0.4 is 15.5 Å². The Morgan fingerprint density at radius 1 is 1.24 bits per heavy atom. The van der Waals surface area contributed by atoms with Gasteiger partial charge in [0.15, 0.2) is 0 Å². The standard InChI is InChI=1S/C19H23F2N5O2S/c1-13-12-16(26-8-10-28-11-9-26)25-19(24-13)23-7-6-22-17(27)14-4-2-3-5-15(14)29-18(20)21/h2-5,12,18H,6-11H2,1H3,(H,22,27)(H,23,24,25). The normalized spacial score (nSPS) is 14.1. The minimum atomic E-state index is -2.58. The number of alkyl halides is 2. The van der Waals surface area contributed by atoms with Crippen molar-refractivity contribution in [2.75, 3.05) is 49.6 Å². The van der Waals surface area contributed by atoms with Crippen LogP contribution in [0.3, 0.4) is 0 Å². The minimum Gasteiger partial charge on any atom is -0.378 e. The van der Waals surface area contributed by atoms with Crippen LogP contribution in [0.2, 0.25) is 0 Å². The van der Waals surface area contributed by atoms with Crippen molar-refractivity contribution in [2.45, 2.75) is 17.6 Å². The Bertz CT molecular complexity index is 834. The molecule has 1 aliphatic heterocycles. The van der Waals surface area contributed by atoms with E-state index in [-0.39, 0.29) is 10.5 Å². The van der Waals surface area contributed by atoms with E-state index in [1.54, 1.807) is 12.1 Å². The number of morpholine rings is 1. The van der Waals surface area contributed by atoms with Crippen molar-refractivity contribution in [1.29, 1.82) is 0 Å². The summed E-state index contributed by atoms with van der Waals surface area (Å²) >= 11 is 0.363. The number of ether oxygens (including phenoxy) is 1. The van der Waals surface area contributed by atoms with Gasteiger partial charge in [-0.15, -0.1) is 0 Å². The predicted octanol–water partition coefficient (Wildman–Crippen LogP) is 2.78. The summed E-state index contributed by atoms with van der Waals surface area (Å²) in [7, 11) is 0. The smallest absolute Gasteiger partial charge is 0.288 e. The minimum absolute atomic E-state index is 0.235. The van der Waals surface area contributed by atoms with E-state index < -0.39 is 11.7 Å². The predicted molar refractivity (Wildman–Crippen MR) is 109 cm³/mol. The highest BCUT2D eigenvalue weighted by molar-refractivity contribution is 7.99. The first kappa shape index (κ1) is 21.3. The number of nitrogens with zero attached hydrogens (tertiary/aromatic N) is 3. The fourth-order valence-electron chi connectivity index (χ4n) is 2.88. The van der Waals surface area contributed by atoms with Crippen LogP contribution in [-0.4, -0.2) is 61.0 Å². The van der Waals surface area contributed by atoms with Crippen LogP contribution in [-0.2, 0) is 4.74 Å². The second-order valence-corrected chi connectivity index (χ2v) is 7.38. The molecule has 0 radical (unpaired) electrons. The number of amides is 1. The van der Waals surface area contributed by atoms with Crippen LogP contribution in [0, 0.1) is 6.92 Å². The molecule has 1 amide bonds. The summed E-state index contributed by atoms with van der Waals surface area (Å²) in [5.41, 5.74) is 1.07. The summed E-state index contributed by atoms with van der Waals surface area (Å²) in [6.07, 6.45) is 0. The number of hydrogen-bond donors (Lipinski definition) is 2. The van der Waals surface area contributed by atoms with Gasteiger partial charge in [-0.05, 0) is 19.1 Å². The van der Waals surface area contributed by atoms with Crippen molar-refractivity contribution in [3.63, 3.8) is 0 Å². The highest BCUT2D eigenvalue weighted by atomic mass is 32.2. The van der Waals surface area contributed by atoms with Crippen molar-refractivity contribution in [3.05, 3.63) is 41.6 Å². The Labute approximate surface area is 172 Å². The van der Waals surface area contributed by atoms with Crippen molar-refractivity contribution < 1.29 is 18.3 Å². The summed E-state index contributed by atoms with van der Waals surface area (Å²) < 4.78 is 30.7. The molecule has 2 heterocycles. The molecule has 1 aromatic heterocycles. The van der Waals surface area contributed by atoms with E-state index in [4.69, 9.17) is 4.74 Å². The maximum atomic E-state index is 12.7. The van der Waals surface area contributed by atoms with Crippen molar-refractivity contribution in [1.82, 2.24) is 15.3 Å². The number of aryl methyl sites for hydroxylation is 1. The van der Waals surface area contributed by atoms with Crippen LogP contribution in [0.1, 0.15) is 16.1 Å². The van der Waals surface area contributed by atoms with E-state index in [1.165, 1.54) is 12.1 Å². The molecule has 0 aliphatic carbocycles. The van der Waals surface area contributed by atoms with Crippen molar-refractivity contribution >= 4 is 29.4 Å². The fourth-order valence-corrected chi connectivity index (χ4v) is 3.52. The maximum Gasteiger partial charge on any atom is 0.288 e. The van der Waals surface area contributed by atoms with Gasteiger partial charge in [0, 0.05) is 42.8 Å². The molecule has 0 unspecified atom stereocenters. The van der Waals surface area contributed by atoms with E-state index in [1.807, 2.05) is 13.0 Å². The maximum absolute atomic E-state index is 12.7. The lowest BCUT2D eigenvalue weighted by atomic mass is 10.2. The highest BCUT2D eigenvalue weighted by Crippen LogP contribution is 2.28. The van der Waals surface area contributed by atoms with Gasteiger partial charge in [-0.3, -0.25) is 4.79 Å². The third kappa shape index (κ3) is 6.26. The molecule has 29 heavy (non-hydrogen) atoms. The van der Waals surface area contributed by atoms with E-state index in [2.05, 4.69) is 25.5 Å². The molecule has 0 bridgehead atoms. The average molecular weight is 423 g/mol. The number of benzene rings is 1. The molecule has 2 N–H and O–H groups in total. The van der Waals surface area contributed by atoms with Crippen LogP contribution >= 0.6 is 11.8 Å². The van der Waals surface area contributed by atoms with E-state index in [0.717, 1.165) is 24.6 Å². The number of nitrogens with one attached hydrogen (secondary N) is 2. The molecule has 1 aliphatic rings. The SMILES string of the molecule is Cc1cc(N2CCOCC2)nc(NCCNC(=O)c2ccccc2SC(F)F)n1. The molecule has 1 aromatic carbocycles. The number of thioether (sulfide) groups is 1. The molecule has 156 valence electrons. The van der Waals surface area contributed by atoms with E-state index in [0.29, 0.717) is 44.0 Å². The van der Waals surface area contributed by atoms with Gasteiger partial charge < -0.3 is 20.3 Å². The molecule has 0 saturated carbocycles. The Morgan fingerprint density at radius 3 is 2.76 bits per heavy atom. The second kappa shape index (κ2) is 10.4. The van der Waals surface area contributed by atoms with Crippen molar-refractivity contribution in [2.24, 2.45) is 0 Å². The van der Waals surface area contributed by atoms with Gasteiger partial charge in [-0.1, -0.05) is 23.9 Å². The first-order chi connectivity index (χ1) is 14.0. The van der Waals surface area contributed by atoms with E-state index >= 15 is 0 Å². The van der Waals surface area contributed by atoms with Gasteiger partial charge in [0.25, 0.3) is 11.7 Å². The summed E-state index contributed by atoms with van der Waals surface area (Å²) in [6, 6.07) is 8.25. The number of aromatic nitrogens is 2. The number of anilines is 2. The van der Waals surface area contributed by atoms with Gasteiger partial charge in [-0.2, -0.15) is 13.8 Å². The summed E-state index contributed by atoms with van der Waals surface area (Å²) in [4.78, 5) is 23.6. The lowest BCUT2D eigenvalue weighted by Gasteiger charge is -2.28. The van der Waals surface area contributed by atoms with Crippen LogP contribution in [0.5, 0.6) is 0 Å². The lowest BCUT2D eigenvalue weighted by Crippen LogP contribution is -2.37. The topological polar surface area (TPSA) is 79.4 Å². The second-order valence-electron chi connectivity index (χ2n) is 6.35. The van der Waals surface area contributed by atoms with E-state index in [9.17, 15) is 13.6 Å². The number of rotatable bonds is 8. The number of hydrogen-bond acceptors (Lipinski definition) is 7. The monoisotopic (exact) mass is 423 g/mol.